The zero-order chi connectivity index (χ0) is 17.7. The summed E-state index contributed by atoms with van der Waals surface area (Å²) in [5.74, 6) is 0.341. The van der Waals surface area contributed by atoms with Crippen LogP contribution < -0.4 is 0 Å². The summed E-state index contributed by atoms with van der Waals surface area (Å²) in [6.45, 7) is 2.67. The Morgan fingerprint density at radius 1 is 0.792 bits per heavy atom. The van der Waals surface area contributed by atoms with Crippen LogP contribution in [0.3, 0.4) is 0 Å². The van der Waals surface area contributed by atoms with Gasteiger partial charge in [-0.15, -0.1) is 0 Å². The molecular weight excluding hydrogens is 316 g/mol. The molecule has 0 atom stereocenters. The van der Waals surface area contributed by atoms with Crippen molar-refractivity contribution in [2.45, 2.75) is 103 Å². The Morgan fingerprint density at radius 2 is 1.25 bits per heavy atom. The van der Waals surface area contributed by atoms with Crippen LogP contribution in [0.25, 0.3) is 0 Å². The van der Waals surface area contributed by atoms with Crippen LogP contribution in [0.15, 0.2) is 12.2 Å². The third kappa shape index (κ3) is 19.6. The summed E-state index contributed by atoms with van der Waals surface area (Å²) in [5, 5.41) is 0. The van der Waals surface area contributed by atoms with Crippen molar-refractivity contribution in [3.8, 4) is 0 Å². The van der Waals surface area contributed by atoms with Crippen molar-refractivity contribution in [3.63, 3.8) is 0 Å². The highest BCUT2D eigenvalue weighted by Gasteiger charge is 1.95. The molecule has 0 unspecified atom stereocenters. The van der Waals surface area contributed by atoms with E-state index >= 15 is 0 Å². The van der Waals surface area contributed by atoms with Crippen molar-refractivity contribution in [1.29, 1.82) is 0 Å². The summed E-state index contributed by atoms with van der Waals surface area (Å²) in [7, 11) is 0. The van der Waals surface area contributed by atoms with Gasteiger partial charge in [0.05, 0.1) is 0 Å². The molecule has 142 valence electrons. The molecule has 0 radical (unpaired) electrons. The molecule has 0 aliphatic rings. The first-order valence-electron chi connectivity index (χ1n) is 10.3. The summed E-state index contributed by atoms with van der Waals surface area (Å²) >= 11 is 4.00. The number of carbonyl (C=O) groups is 1. The van der Waals surface area contributed by atoms with Crippen LogP contribution in [0.5, 0.6) is 0 Å². The molecule has 0 saturated carbocycles. The lowest BCUT2D eigenvalue weighted by atomic mass is 10.0. The van der Waals surface area contributed by atoms with E-state index < -0.39 is 0 Å². The average Bonchev–Trinajstić information content (AvgIpc) is 2.59. The van der Waals surface area contributed by atoms with Gasteiger partial charge in [-0.2, -0.15) is 12.6 Å². The predicted molar refractivity (Wildman–Crippen MR) is 109 cm³/mol. The van der Waals surface area contributed by atoms with Gasteiger partial charge >= 0.3 is 5.97 Å². The van der Waals surface area contributed by atoms with Crippen LogP contribution >= 0.6 is 12.6 Å². The third-order valence-electron chi connectivity index (χ3n) is 4.31. The number of rotatable bonds is 18. The van der Waals surface area contributed by atoms with Gasteiger partial charge in [0.2, 0.25) is 0 Å². The van der Waals surface area contributed by atoms with E-state index in [4.69, 9.17) is 4.74 Å². The normalized spacial score (nSPS) is 11.2. The van der Waals surface area contributed by atoms with E-state index in [0.717, 1.165) is 6.42 Å². The maximum absolute atomic E-state index is 11.2. The summed E-state index contributed by atoms with van der Waals surface area (Å²) in [6.07, 6.45) is 23.8. The van der Waals surface area contributed by atoms with E-state index in [1.165, 1.54) is 89.9 Å². The van der Waals surface area contributed by atoms with Gasteiger partial charge < -0.3 is 4.74 Å². The van der Waals surface area contributed by atoms with Gasteiger partial charge in [-0.05, 0) is 12.8 Å². The number of unbranched alkanes of at least 4 members (excludes halogenated alkanes) is 14. The summed E-state index contributed by atoms with van der Waals surface area (Å²) in [6, 6.07) is 0. The van der Waals surface area contributed by atoms with E-state index in [9.17, 15) is 4.79 Å². The first kappa shape index (κ1) is 23.6. The molecule has 0 aromatic carbocycles. The molecule has 0 fully saturated rings. The minimum Gasteiger partial charge on any atom is -0.462 e. The lowest BCUT2D eigenvalue weighted by Crippen LogP contribution is -2.02. The fourth-order valence-corrected chi connectivity index (χ4v) is 2.92. The predicted octanol–water partition coefficient (Wildman–Crippen LogP) is 6.89. The Bertz CT molecular complexity index is 290. The van der Waals surface area contributed by atoms with Crippen LogP contribution in [-0.4, -0.2) is 18.3 Å². The molecule has 0 saturated heterocycles. The fraction of sp³-hybridized carbons (Fsp3) is 0.857. The highest BCUT2D eigenvalue weighted by molar-refractivity contribution is 7.80. The quantitative estimate of drug-likeness (QED) is 0.125. The van der Waals surface area contributed by atoms with Gasteiger partial charge in [-0.25, -0.2) is 4.79 Å². The van der Waals surface area contributed by atoms with E-state index in [1.54, 1.807) is 6.08 Å². The Hall–Kier alpha value is -0.440. The zero-order valence-corrected chi connectivity index (χ0v) is 16.8. The second-order valence-corrected chi connectivity index (χ2v) is 7.13. The van der Waals surface area contributed by atoms with Crippen molar-refractivity contribution in [3.05, 3.63) is 12.2 Å². The molecular formula is C21H40O2S. The number of esters is 1. The van der Waals surface area contributed by atoms with Gasteiger partial charge in [-0.3, -0.25) is 0 Å². The molecule has 2 nitrogen and oxygen atoms in total. The SMILES string of the molecule is CCCCCCCCCCCCCCCC/C=C/C(=O)OCCS. The second-order valence-electron chi connectivity index (χ2n) is 6.68. The Morgan fingerprint density at radius 3 is 1.71 bits per heavy atom. The molecule has 0 heterocycles. The van der Waals surface area contributed by atoms with Crippen molar-refractivity contribution in [2.24, 2.45) is 0 Å². The van der Waals surface area contributed by atoms with Gasteiger partial charge in [0, 0.05) is 11.8 Å². The average molecular weight is 357 g/mol. The fourth-order valence-electron chi connectivity index (χ4n) is 2.83. The maximum Gasteiger partial charge on any atom is 0.330 e. The van der Waals surface area contributed by atoms with Crippen molar-refractivity contribution in [1.82, 2.24) is 0 Å². The maximum atomic E-state index is 11.2. The van der Waals surface area contributed by atoms with E-state index in [0.29, 0.717) is 12.4 Å². The molecule has 0 aromatic rings. The Balaban J connectivity index is 3.12. The summed E-state index contributed by atoms with van der Waals surface area (Å²) in [4.78, 5) is 11.2. The minimum atomic E-state index is -0.241. The van der Waals surface area contributed by atoms with Crippen molar-refractivity contribution >= 4 is 18.6 Å². The number of carbonyl (C=O) groups excluding carboxylic acids is 1. The molecule has 3 heteroatoms. The smallest absolute Gasteiger partial charge is 0.330 e. The van der Waals surface area contributed by atoms with E-state index in [-0.39, 0.29) is 5.97 Å². The monoisotopic (exact) mass is 356 g/mol. The summed E-state index contributed by atoms with van der Waals surface area (Å²) < 4.78 is 4.91. The zero-order valence-electron chi connectivity index (χ0n) is 15.9. The molecule has 0 bridgehead atoms. The molecule has 0 spiro atoms. The first-order valence-corrected chi connectivity index (χ1v) is 10.9. The molecule has 24 heavy (non-hydrogen) atoms. The molecule has 0 rings (SSSR count). The van der Waals surface area contributed by atoms with Crippen molar-refractivity contribution < 1.29 is 9.53 Å². The van der Waals surface area contributed by atoms with Crippen LogP contribution in [0.2, 0.25) is 0 Å². The van der Waals surface area contributed by atoms with E-state index in [2.05, 4.69) is 19.6 Å². The van der Waals surface area contributed by atoms with Crippen LogP contribution in [-0.2, 0) is 9.53 Å². The number of thiol groups is 1. The largest absolute Gasteiger partial charge is 0.462 e. The molecule has 0 N–H and O–H groups in total. The Kier molecular flexibility index (Phi) is 20.2. The first-order chi connectivity index (χ1) is 11.8. The topological polar surface area (TPSA) is 26.3 Å². The number of ether oxygens (including phenoxy) is 1. The lowest BCUT2D eigenvalue weighted by molar-refractivity contribution is -0.137. The number of hydrogen-bond acceptors (Lipinski definition) is 3. The van der Waals surface area contributed by atoms with E-state index in [1.807, 2.05) is 6.08 Å². The van der Waals surface area contributed by atoms with Gasteiger partial charge in [0.1, 0.15) is 6.61 Å². The van der Waals surface area contributed by atoms with Crippen LogP contribution in [0, 0.1) is 0 Å². The molecule has 0 amide bonds. The van der Waals surface area contributed by atoms with Gasteiger partial charge in [-0.1, -0.05) is 96.5 Å². The Labute approximate surface area is 156 Å². The highest BCUT2D eigenvalue weighted by Crippen LogP contribution is 2.13. The number of hydrogen-bond donors (Lipinski definition) is 1. The van der Waals surface area contributed by atoms with Crippen molar-refractivity contribution in [2.75, 3.05) is 12.4 Å². The molecule has 0 aromatic heterocycles. The standard InChI is InChI=1S/C21H40O2S/c1-2-3-4-5-6-7-8-9-10-11-12-13-14-15-16-17-18-21(22)23-19-20-24/h17-18,24H,2-16,19-20H2,1H3/b18-17+. The summed E-state index contributed by atoms with van der Waals surface area (Å²) in [5.41, 5.74) is 0. The van der Waals surface area contributed by atoms with Gasteiger partial charge in [0.15, 0.2) is 0 Å². The number of allylic oxidation sites excluding steroid dienone is 1. The van der Waals surface area contributed by atoms with Gasteiger partial charge in [0.25, 0.3) is 0 Å². The lowest BCUT2D eigenvalue weighted by Gasteiger charge is -2.02. The molecule has 0 aliphatic carbocycles. The minimum absolute atomic E-state index is 0.241. The second kappa shape index (κ2) is 20.6. The highest BCUT2D eigenvalue weighted by atomic mass is 32.1. The molecule has 0 aliphatic heterocycles. The van der Waals surface area contributed by atoms with Crippen LogP contribution in [0.4, 0.5) is 0 Å². The third-order valence-corrected chi connectivity index (χ3v) is 4.50. The van der Waals surface area contributed by atoms with Crippen LogP contribution in [0.1, 0.15) is 103 Å².